The van der Waals surface area contributed by atoms with Gasteiger partial charge in [-0.2, -0.15) is 0 Å². The van der Waals surface area contributed by atoms with Crippen molar-refractivity contribution in [1.82, 2.24) is 16.2 Å². The second-order valence-corrected chi connectivity index (χ2v) is 5.52. The highest BCUT2D eigenvalue weighted by molar-refractivity contribution is 7.80. The molecule has 0 heterocycles. The lowest BCUT2D eigenvalue weighted by Gasteiger charge is -2.23. The Morgan fingerprint density at radius 2 is 1.85 bits per heavy atom. The lowest BCUT2D eigenvalue weighted by molar-refractivity contribution is 0.250. The molecule has 0 aromatic heterocycles. The van der Waals surface area contributed by atoms with Crippen molar-refractivity contribution in [3.8, 4) is 5.75 Å². The quantitative estimate of drug-likeness (QED) is 0.496. The molecule has 0 aliphatic heterocycles. The Bertz CT molecular complexity index is 486. The van der Waals surface area contributed by atoms with Crippen LogP contribution in [-0.2, 0) is 0 Å². The number of ether oxygens (including phenoxy) is 1. The molecule has 0 unspecified atom stereocenters. The van der Waals surface area contributed by atoms with Crippen molar-refractivity contribution < 1.29 is 9.53 Å². The van der Waals surface area contributed by atoms with E-state index < -0.39 is 6.03 Å². The number of nitrogens with one attached hydrogen (secondary N) is 4. The van der Waals surface area contributed by atoms with Gasteiger partial charge in [0, 0.05) is 5.54 Å². The second-order valence-electron chi connectivity index (χ2n) is 5.11. The number of thiocarbonyl (C=S) groups is 1. The number of hydrazine groups is 1. The monoisotopic (exact) mass is 296 g/mol. The van der Waals surface area contributed by atoms with E-state index >= 15 is 0 Å². The highest BCUT2D eigenvalue weighted by Gasteiger charge is 2.11. The first-order chi connectivity index (χ1) is 9.31. The fraction of sp³-hybridized carbons (Fsp3) is 0.385. The molecule has 0 fully saturated rings. The largest absolute Gasteiger partial charge is 0.495 e. The third-order valence-corrected chi connectivity index (χ3v) is 2.34. The van der Waals surface area contributed by atoms with Gasteiger partial charge in [-0.1, -0.05) is 12.1 Å². The number of carbonyl (C=O) groups excluding carboxylic acids is 1. The molecule has 1 aromatic carbocycles. The van der Waals surface area contributed by atoms with Gasteiger partial charge in [0.15, 0.2) is 5.11 Å². The SMILES string of the molecule is COc1ccccc1NC(=O)NNC(=S)NC(C)(C)C. The Kier molecular flexibility index (Phi) is 5.57. The van der Waals surface area contributed by atoms with E-state index in [-0.39, 0.29) is 5.54 Å². The zero-order valence-electron chi connectivity index (χ0n) is 12.0. The number of para-hydroxylation sites is 2. The van der Waals surface area contributed by atoms with Crippen LogP contribution in [0.3, 0.4) is 0 Å². The predicted molar refractivity (Wildman–Crippen MR) is 83.8 cm³/mol. The number of methoxy groups -OCH3 is 1. The summed E-state index contributed by atoms with van der Waals surface area (Å²) in [6, 6.07) is 6.69. The van der Waals surface area contributed by atoms with Gasteiger partial charge in [-0.05, 0) is 45.1 Å². The van der Waals surface area contributed by atoms with Crippen LogP contribution in [0.15, 0.2) is 24.3 Å². The van der Waals surface area contributed by atoms with Gasteiger partial charge in [0.1, 0.15) is 5.75 Å². The topological polar surface area (TPSA) is 74.4 Å². The summed E-state index contributed by atoms with van der Waals surface area (Å²) in [6.07, 6.45) is 0. The molecule has 0 radical (unpaired) electrons. The van der Waals surface area contributed by atoms with E-state index in [1.54, 1.807) is 25.3 Å². The molecule has 110 valence electrons. The number of anilines is 1. The fourth-order valence-electron chi connectivity index (χ4n) is 1.39. The maximum absolute atomic E-state index is 11.7. The highest BCUT2D eigenvalue weighted by Crippen LogP contribution is 2.22. The van der Waals surface area contributed by atoms with Gasteiger partial charge >= 0.3 is 6.03 Å². The highest BCUT2D eigenvalue weighted by atomic mass is 32.1. The smallest absolute Gasteiger partial charge is 0.338 e. The van der Waals surface area contributed by atoms with Crippen molar-refractivity contribution in [2.75, 3.05) is 12.4 Å². The summed E-state index contributed by atoms with van der Waals surface area (Å²) >= 11 is 5.04. The normalized spacial score (nSPS) is 10.4. The summed E-state index contributed by atoms with van der Waals surface area (Å²) in [5.41, 5.74) is 5.46. The van der Waals surface area contributed by atoms with Gasteiger partial charge < -0.3 is 15.4 Å². The van der Waals surface area contributed by atoms with Crippen molar-refractivity contribution in [3.05, 3.63) is 24.3 Å². The van der Waals surface area contributed by atoms with E-state index in [4.69, 9.17) is 17.0 Å². The van der Waals surface area contributed by atoms with Crippen LogP contribution in [0.4, 0.5) is 10.5 Å². The standard InChI is InChI=1S/C13H20N4O2S/c1-13(2,3)15-12(20)17-16-11(18)14-9-7-5-6-8-10(9)19-4/h5-8H,1-4H3,(H2,14,16,18)(H2,15,17,20). The molecule has 6 nitrogen and oxygen atoms in total. The van der Waals surface area contributed by atoms with Crippen molar-refractivity contribution in [2.24, 2.45) is 0 Å². The van der Waals surface area contributed by atoms with Crippen LogP contribution in [0.1, 0.15) is 20.8 Å². The number of carbonyl (C=O) groups is 1. The Hall–Kier alpha value is -2.02. The van der Waals surface area contributed by atoms with Crippen LogP contribution in [0.5, 0.6) is 5.75 Å². The van der Waals surface area contributed by atoms with Crippen LogP contribution in [0.25, 0.3) is 0 Å². The minimum absolute atomic E-state index is 0.176. The van der Waals surface area contributed by atoms with Crippen LogP contribution < -0.4 is 26.2 Å². The summed E-state index contributed by atoms with van der Waals surface area (Å²) in [4.78, 5) is 11.7. The minimum Gasteiger partial charge on any atom is -0.495 e. The van der Waals surface area contributed by atoms with Crippen LogP contribution in [0.2, 0.25) is 0 Å². The van der Waals surface area contributed by atoms with Gasteiger partial charge in [-0.15, -0.1) is 0 Å². The fourth-order valence-corrected chi connectivity index (χ4v) is 1.74. The van der Waals surface area contributed by atoms with Crippen molar-refractivity contribution in [2.45, 2.75) is 26.3 Å². The minimum atomic E-state index is -0.437. The van der Waals surface area contributed by atoms with E-state index in [2.05, 4.69) is 21.5 Å². The van der Waals surface area contributed by atoms with Gasteiger partial charge in [0.25, 0.3) is 0 Å². The predicted octanol–water partition coefficient (Wildman–Crippen LogP) is 1.99. The van der Waals surface area contributed by atoms with Gasteiger partial charge in [0.2, 0.25) is 0 Å². The van der Waals surface area contributed by atoms with Crippen molar-refractivity contribution in [1.29, 1.82) is 0 Å². The maximum atomic E-state index is 11.7. The molecule has 7 heteroatoms. The first-order valence-electron chi connectivity index (χ1n) is 6.10. The Morgan fingerprint density at radius 1 is 1.20 bits per heavy atom. The number of hydrogen-bond donors (Lipinski definition) is 4. The van der Waals surface area contributed by atoms with E-state index in [0.717, 1.165) is 0 Å². The van der Waals surface area contributed by atoms with E-state index in [1.165, 1.54) is 0 Å². The summed E-state index contributed by atoms with van der Waals surface area (Å²) in [6.45, 7) is 5.90. The Morgan fingerprint density at radius 3 is 2.45 bits per heavy atom. The van der Waals surface area contributed by atoms with Gasteiger partial charge in [-0.25, -0.2) is 10.2 Å². The first-order valence-corrected chi connectivity index (χ1v) is 6.51. The van der Waals surface area contributed by atoms with E-state index in [0.29, 0.717) is 16.5 Å². The lowest BCUT2D eigenvalue weighted by Crippen LogP contribution is -2.53. The molecular weight excluding hydrogens is 276 g/mol. The van der Waals surface area contributed by atoms with E-state index in [9.17, 15) is 4.79 Å². The summed E-state index contributed by atoms with van der Waals surface area (Å²) in [5, 5.41) is 6.01. The number of urea groups is 1. The second kappa shape index (κ2) is 6.95. The van der Waals surface area contributed by atoms with Gasteiger partial charge in [-0.3, -0.25) is 5.43 Å². The molecule has 0 saturated heterocycles. The Labute approximate surface area is 124 Å². The number of hydrogen-bond acceptors (Lipinski definition) is 3. The number of rotatable bonds is 2. The molecule has 0 aliphatic rings. The molecular formula is C13H20N4O2S. The van der Waals surface area contributed by atoms with Crippen LogP contribution in [-0.4, -0.2) is 23.8 Å². The van der Waals surface area contributed by atoms with Crippen LogP contribution in [0, 0.1) is 0 Å². The molecule has 0 aliphatic carbocycles. The maximum Gasteiger partial charge on any atom is 0.338 e. The third-order valence-electron chi connectivity index (χ3n) is 2.13. The lowest BCUT2D eigenvalue weighted by atomic mass is 10.1. The number of amides is 2. The molecule has 0 saturated carbocycles. The molecule has 0 spiro atoms. The van der Waals surface area contributed by atoms with Crippen molar-refractivity contribution in [3.63, 3.8) is 0 Å². The zero-order valence-corrected chi connectivity index (χ0v) is 12.9. The molecule has 4 N–H and O–H groups in total. The average molecular weight is 296 g/mol. The number of benzene rings is 1. The molecule has 2 amide bonds. The molecule has 0 atom stereocenters. The summed E-state index contributed by atoms with van der Waals surface area (Å²) in [5.74, 6) is 0.582. The first kappa shape index (κ1) is 16.0. The molecule has 1 aromatic rings. The van der Waals surface area contributed by atoms with Crippen molar-refractivity contribution >= 4 is 29.0 Å². The summed E-state index contributed by atoms with van der Waals surface area (Å²) < 4.78 is 5.14. The summed E-state index contributed by atoms with van der Waals surface area (Å²) in [7, 11) is 1.54. The molecule has 1 rings (SSSR count). The molecule has 20 heavy (non-hydrogen) atoms. The Balaban J connectivity index is 2.46. The van der Waals surface area contributed by atoms with E-state index in [1.807, 2.05) is 26.8 Å². The third kappa shape index (κ3) is 5.75. The average Bonchev–Trinajstić information content (AvgIpc) is 2.35. The molecule has 0 bridgehead atoms. The zero-order chi connectivity index (χ0) is 15.2. The van der Waals surface area contributed by atoms with Gasteiger partial charge in [0.05, 0.1) is 12.8 Å². The van der Waals surface area contributed by atoms with Crippen LogP contribution >= 0.6 is 12.2 Å².